The maximum atomic E-state index is 12.6. The number of ether oxygens (including phenoxy) is 1. The van der Waals surface area contributed by atoms with Crippen LogP contribution in [-0.4, -0.2) is 31.4 Å². The summed E-state index contributed by atoms with van der Waals surface area (Å²) in [5, 5.41) is 5.14. The van der Waals surface area contributed by atoms with E-state index in [0.717, 1.165) is 12.1 Å². The van der Waals surface area contributed by atoms with Crippen molar-refractivity contribution < 1.29 is 32.3 Å². The van der Waals surface area contributed by atoms with Gasteiger partial charge < -0.3 is 15.4 Å². The summed E-state index contributed by atoms with van der Waals surface area (Å²) >= 11 is 0. The highest BCUT2D eigenvalue weighted by atomic mass is 19.4. The van der Waals surface area contributed by atoms with Crippen molar-refractivity contribution >= 4 is 23.5 Å². The number of carbonyl (C=O) groups excluding carboxylic acids is 3. The Bertz CT molecular complexity index is 940. The van der Waals surface area contributed by atoms with Crippen LogP contribution in [0.5, 0.6) is 0 Å². The fraction of sp³-hybridized carbons (Fsp3) is 0.286. The number of benzene rings is 2. The first-order valence-electron chi connectivity index (χ1n) is 9.12. The molecule has 1 aliphatic rings. The summed E-state index contributed by atoms with van der Waals surface area (Å²) in [7, 11) is 1.22. The zero-order valence-corrected chi connectivity index (χ0v) is 16.0. The van der Waals surface area contributed by atoms with Gasteiger partial charge in [-0.3, -0.25) is 14.4 Å². The highest BCUT2D eigenvalue weighted by Gasteiger charge is 2.44. The molecular weight excluding hydrogens is 401 g/mol. The molecule has 6 nitrogen and oxygen atoms in total. The van der Waals surface area contributed by atoms with E-state index >= 15 is 0 Å². The molecule has 2 aromatic rings. The average Bonchev–Trinajstić information content (AvgIpc) is 3.53. The molecule has 1 saturated carbocycles. The molecule has 2 unspecified atom stereocenters. The maximum absolute atomic E-state index is 12.6. The van der Waals surface area contributed by atoms with E-state index in [0.29, 0.717) is 23.2 Å². The molecular formula is C21H19F3N2O4. The number of alkyl halides is 3. The van der Waals surface area contributed by atoms with Gasteiger partial charge in [0.1, 0.15) is 6.54 Å². The molecule has 2 aromatic carbocycles. The summed E-state index contributed by atoms with van der Waals surface area (Å²) in [6.45, 7) is -0.249. The fourth-order valence-corrected chi connectivity index (χ4v) is 3.04. The summed E-state index contributed by atoms with van der Waals surface area (Å²) in [6, 6.07) is 11.0. The number of amides is 2. The molecule has 0 aliphatic heterocycles. The largest absolute Gasteiger partial charge is 0.468 e. The lowest BCUT2D eigenvalue weighted by Crippen LogP contribution is -2.30. The number of hydrogen-bond acceptors (Lipinski definition) is 4. The summed E-state index contributed by atoms with van der Waals surface area (Å²) in [5.41, 5.74) is 0.776. The van der Waals surface area contributed by atoms with Crippen LogP contribution in [-0.2, 0) is 20.5 Å². The third-order valence-electron chi connectivity index (χ3n) is 4.83. The van der Waals surface area contributed by atoms with Gasteiger partial charge in [-0.15, -0.1) is 0 Å². The van der Waals surface area contributed by atoms with Crippen LogP contribution in [0.25, 0.3) is 0 Å². The summed E-state index contributed by atoms with van der Waals surface area (Å²) in [6.07, 6.45) is -3.83. The molecule has 1 fully saturated rings. The minimum absolute atomic E-state index is 0.115. The van der Waals surface area contributed by atoms with E-state index in [9.17, 15) is 27.6 Å². The van der Waals surface area contributed by atoms with Crippen molar-refractivity contribution in [2.24, 2.45) is 5.92 Å². The summed E-state index contributed by atoms with van der Waals surface area (Å²) in [4.78, 5) is 35.4. The molecule has 0 spiro atoms. The van der Waals surface area contributed by atoms with E-state index in [1.54, 1.807) is 12.1 Å². The number of nitrogens with one attached hydrogen (secondary N) is 2. The number of hydrogen-bond donors (Lipinski definition) is 2. The monoisotopic (exact) mass is 420 g/mol. The Morgan fingerprint density at radius 1 is 1.03 bits per heavy atom. The lowest BCUT2D eigenvalue weighted by atomic mass is 10.1. The molecule has 3 rings (SSSR count). The van der Waals surface area contributed by atoms with Gasteiger partial charge in [0.25, 0.3) is 5.91 Å². The maximum Gasteiger partial charge on any atom is 0.416 e. The normalized spacial score (nSPS) is 17.7. The number of esters is 1. The molecule has 30 heavy (non-hydrogen) atoms. The zero-order chi connectivity index (χ0) is 21.9. The minimum atomic E-state index is -4.39. The van der Waals surface area contributed by atoms with E-state index in [1.807, 2.05) is 0 Å². The van der Waals surface area contributed by atoms with E-state index in [-0.39, 0.29) is 24.3 Å². The van der Waals surface area contributed by atoms with Gasteiger partial charge in [0, 0.05) is 17.2 Å². The van der Waals surface area contributed by atoms with Crippen LogP contribution in [0, 0.1) is 5.92 Å². The van der Waals surface area contributed by atoms with Crippen molar-refractivity contribution in [3.63, 3.8) is 0 Å². The van der Waals surface area contributed by atoms with Gasteiger partial charge in [0.15, 0.2) is 0 Å². The first kappa shape index (κ1) is 21.4. The second-order valence-corrected chi connectivity index (χ2v) is 6.89. The van der Waals surface area contributed by atoms with Crippen LogP contribution in [0.1, 0.15) is 33.8 Å². The van der Waals surface area contributed by atoms with Crippen molar-refractivity contribution in [2.45, 2.75) is 18.5 Å². The zero-order valence-electron chi connectivity index (χ0n) is 16.0. The van der Waals surface area contributed by atoms with Crippen LogP contribution >= 0.6 is 0 Å². The molecule has 158 valence electrons. The predicted octanol–water partition coefficient (Wildman–Crippen LogP) is 3.35. The van der Waals surface area contributed by atoms with Gasteiger partial charge in [0.2, 0.25) is 5.91 Å². The molecule has 0 heterocycles. The Labute approximate surface area is 170 Å². The fourth-order valence-electron chi connectivity index (χ4n) is 3.04. The van der Waals surface area contributed by atoms with Crippen molar-refractivity contribution in [3.8, 4) is 0 Å². The first-order chi connectivity index (χ1) is 14.2. The average molecular weight is 420 g/mol. The van der Waals surface area contributed by atoms with Crippen LogP contribution in [0.15, 0.2) is 48.5 Å². The molecule has 2 N–H and O–H groups in total. The Hall–Kier alpha value is -3.36. The third-order valence-corrected chi connectivity index (χ3v) is 4.83. The third kappa shape index (κ3) is 5.16. The molecule has 9 heteroatoms. The van der Waals surface area contributed by atoms with Crippen molar-refractivity contribution in [3.05, 3.63) is 65.2 Å². The first-order valence-corrected chi connectivity index (χ1v) is 9.12. The highest BCUT2D eigenvalue weighted by molar-refractivity contribution is 5.98. The molecule has 2 atom stereocenters. The number of halogens is 3. The number of anilines is 1. The molecule has 0 saturated heterocycles. The number of rotatable bonds is 6. The molecule has 2 amide bonds. The van der Waals surface area contributed by atoms with Gasteiger partial charge in [0.05, 0.1) is 12.7 Å². The Morgan fingerprint density at radius 3 is 2.23 bits per heavy atom. The van der Waals surface area contributed by atoms with Gasteiger partial charge in [-0.1, -0.05) is 12.1 Å². The summed E-state index contributed by atoms with van der Waals surface area (Å²) in [5.74, 6) is -1.69. The second kappa shape index (κ2) is 8.56. The molecule has 1 aliphatic carbocycles. The molecule has 0 bridgehead atoms. The minimum Gasteiger partial charge on any atom is -0.468 e. The topological polar surface area (TPSA) is 84.5 Å². The van der Waals surface area contributed by atoms with Gasteiger partial charge in [-0.25, -0.2) is 0 Å². The van der Waals surface area contributed by atoms with Gasteiger partial charge in [-0.2, -0.15) is 13.2 Å². The van der Waals surface area contributed by atoms with Crippen molar-refractivity contribution in [2.75, 3.05) is 19.0 Å². The van der Waals surface area contributed by atoms with E-state index in [4.69, 9.17) is 0 Å². The second-order valence-electron chi connectivity index (χ2n) is 6.89. The Morgan fingerprint density at radius 2 is 1.67 bits per heavy atom. The van der Waals surface area contributed by atoms with Crippen molar-refractivity contribution in [1.82, 2.24) is 5.32 Å². The van der Waals surface area contributed by atoms with Gasteiger partial charge in [-0.05, 0) is 54.3 Å². The van der Waals surface area contributed by atoms with E-state index < -0.39 is 23.6 Å². The lowest BCUT2D eigenvalue weighted by molar-refractivity contribution is -0.139. The van der Waals surface area contributed by atoms with Crippen molar-refractivity contribution in [1.29, 1.82) is 0 Å². The van der Waals surface area contributed by atoms with E-state index in [2.05, 4.69) is 15.4 Å². The SMILES string of the molecule is COC(=O)CNC(=O)c1ccc(NC(=O)C2CC2c2ccc(C(F)(F)F)cc2)cc1. The number of methoxy groups -OCH3 is 1. The Kier molecular flexibility index (Phi) is 6.09. The summed E-state index contributed by atoms with van der Waals surface area (Å²) < 4.78 is 42.4. The highest BCUT2D eigenvalue weighted by Crippen LogP contribution is 2.48. The van der Waals surface area contributed by atoms with Crippen LogP contribution in [0.4, 0.5) is 18.9 Å². The molecule has 0 aromatic heterocycles. The standard InChI is InChI=1S/C21H19F3N2O4/c1-30-18(27)11-25-19(28)13-4-8-15(9-5-13)26-20(29)17-10-16(17)12-2-6-14(7-3-12)21(22,23)24/h2-9,16-17H,10-11H2,1H3,(H,25,28)(H,26,29). The Balaban J connectivity index is 1.53. The molecule has 0 radical (unpaired) electrons. The lowest BCUT2D eigenvalue weighted by Gasteiger charge is -2.08. The van der Waals surface area contributed by atoms with Crippen LogP contribution in [0.3, 0.4) is 0 Å². The smallest absolute Gasteiger partial charge is 0.416 e. The van der Waals surface area contributed by atoms with Crippen LogP contribution in [0.2, 0.25) is 0 Å². The van der Waals surface area contributed by atoms with Crippen LogP contribution < -0.4 is 10.6 Å². The quantitative estimate of drug-likeness (QED) is 0.702. The van der Waals surface area contributed by atoms with E-state index in [1.165, 1.54) is 31.4 Å². The predicted molar refractivity (Wildman–Crippen MR) is 102 cm³/mol. The number of carbonyl (C=O) groups is 3. The van der Waals surface area contributed by atoms with Gasteiger partial charge >= 0.3 is 12.1 Å².